The number of hydrogen-bond acceptors (Lipinski definition) is 9. The van der Waals surface area contributed by atoms with Gasteiger partial charge in [0, 0.05) is 24.4 Å². The van der Waals surface area contributed by atoms with Crippen molar-refractivity contribution in [1.82, 2.24) is 10.3 Å². The van der Waals surface area contributed by atoms with Crippen LogP contribution < -0.4 is 5.32 Å². The van der Waals surface area contributed by atoms with E-state index in [4.69, 9.17) is 13.8 Å². The number of ether oxygens (including phenoxy) is 2. The predicted molar refractivity (Wildman–Crippen MR) is 110 cm³/mol. The van der Waals surface area contributed by atoms with Gasteiger partial charge in [0.15, 0.2) is 6.10 Å². The molecule has 1 aliphatic heterocycles. The molecule has 0 aromatic carbocycles. The lowest BCUT2D eigenvalue weighted by Crippen LogP contribution is -2.50. The lowest BCUT2D eigenvalue weighted by Gasteiger charge is -2.40. The number of carbonyl (C=O) groups excluding carboxylic acids is 3. The van der Waals surface area contributed by atoms with Crippen molar-refractivity contribution in [3.63, 3.8) is 0 Å². The zero-order chi connectivity index (χ0) is 23.1. The van der Waals surface area contributed by atoms with Gasteiger partial charge in [0.1, 0.15) is 6.61 Å². The largest absolute Gasteiger partial charge is 0.469 e. The molecule has 0 bridgehead atoms. The van der Waals surface area contributed by atoms with Gasteiger partial charge in [-0.2, -0.15) is 0 Å². The average molecular weight is 456 g/mol. The molecule has 3 atom stereocenters. The summed E-state index contributed by atoms with van der Waals surface area (Å²) >= 11 is 0. The number of esters is 2. The summed E-state index contributed by atoms with van der Waals surface area (Å²) in [5, 5.41) is 2.62. The Hall–Kier alpha value is -2.29. The van der Waals surface area contributed by atoms with E-state index < -0.39 is 42.9 Å². The Morgan fingerprint density at radius 1 is 1.32 bits per heavy atom. The highest BCUT2D eigenvalue weighted by Crippen LogP contribution is 2.57. The lowest BCUT2D eigenvalue weighted by molar-refractivity contribution is -0.145. The van der Waals surface area contributed by atoms with Crippen molar-refractivity contribution in [3.05, 3.63) is 30.1 Å². The third-order valence-electron chi connectivity index (χ3n) is 4.73. The number of rotatable bonds is 9. The fourth-order valence-corrected chi connectivity index (χ4v) is 5.18. The van der Waals surface area contributed by atoms with Crippen molar-refractivity contribution < 1.29 is 37.5 Å². The molecule has 2 rings (SSSR count). The van der Waals surface area contributed by atoms with Crippen molar-refractivity contribution in [1.29, 1.82) is 0 Å². The molecule has 0 radical (unpaired) electrons. The number of pyridine rings is 1. The van der Waals surface area contributed by atoms with Crippen molar-refractivity contribution in [2.75, 3.05) is 26.4 Å². The van der Waals surface area contributed by atoms with Gasteiger partial charge in [0.05, 0.1) is 32.2 Å². The summed E-state index contributed by atoms with van der Waals surface area (Å²) in [6.07, 6.45) is 1.91. The van der Waals surface area contributed by atoms with Crippen LogP contribution in [0, 0.1) is 11.3 Å². The smallest absolute Gasteiger partial charge is 0.332 e. The van der Waals surface area contributed by atoms with Crippen molar-refractivity contribution in [2.45, 2.75) is 39.9 Å². The summed E-state index contributed by atoms with van der Waals surface area (Å²) in [5.41, 5.74) is 0.0515. The summed E-state index contributed by atoms with van der Waals surface area (Å²) in [6, 6.07) is 3.47. The van der Waals surface area contributed by atoms with E-state index in [-0.39, 0.29) is 32.3 Å². The number of carbonyl (C=O) groups is 3. The van der Waals surface area contributed by atoms with Gasteiger partial charge in [-0.3, -0.25) is 28.5 Å². The molecule has 1 amide bonds. The van der Waals surface area contributed by atoms with Gasteiger partial charge < -0.3 is 19.3 Å². The maximum absolute atomic E-state index is 13.0. The third-order valence-corrected chi connectivity index (χ3v) is 6.78. The Bertz CT molecular complexity index is 830. The molecule has 10 nitrogen and oxygen atoms in total. The Labute approximate surface area is 181 Å². The molecule has 1 unspecified atom stereocenters. The SMILES string of the molecule is COC(=O)[C@H](C)CP1(=O)OCC(C)(C)[C@H](C(=O)NCCC(=O)OCc2ccncc2)O1. The zero-order valence-corrected chi connectivity index (χ0v) is 19.1. The van der Waals surface area contributed by atoms with Gasteiger partial charge in [0.2, 0.25) is 5.91 Å². The molecule has 0 aliphatic carbocycles. The van der Waals surface area contributed by atoms with E-state index in [0.29, 0.717) is 0 Å². The molecule has 2 heterocycles. The van der Waals surface area contributed by atoms with E-state index in [9.17, 15) is 18.9 Å². The first-order valence-electron chi connectivity index (χ1n) is 9.88. The van der Waals surface area contributed by atoms with Crippen LogP contribution in [0.2, 0.25) is 0 Å². The molecule has 11 heteroatoms. The zero-order valence-electron chi connectivity index (χ0n) is 18.2. The predicted octanol–water partition coefficient (Wildman–Crippen LogP) is 2.07. The monoisotopic (exact) mass is 456 g/mol. The molecule has 1 N–H and O–H groups in total. The molecule has 1 saturated heterocycles. The van der Waals surface area contributed by atoms with Gasteiger partial charge in [-0.05, 0) is 17.7 Å². The fourth-order valence-electron chi connectivity index (χ4n) is 2.88. The first-order valence-corrected chi connectivity index (χ1v) is 11.6. The summed E-state index contributed by atoms with van der Waals surface area (Å²) in [7, 11) is -2.45. The van der Waals surface area contributed by atoms with Gasteiger partial charge in [-0.25, -0.2) is 0 Å². The molecule has 1 aromatic rings. The Balaban J connectivity index is 1.86. The fraction of sp³-hybridized carbons (Fsp3) is 0.600. The minimum absolute atomic E-state index is 0.0181. The second-order valence-electron chi connectivity index (χ2n) is 8.02. The number of nitrogens with one attached hydrogen (secondary N) is 1. The van der Waals surface area contributed by atoms with Crippen LogP contribution in [0.25, 0.3) is 0 Å². The second-order valence-corrected chi connectivity index (χ2v) is 10.1. The first-order chi connectivity index (χ1) is 14.6. The van der Waals surface area contributed by atoms with Crippen molar-refractivity contribution >= 4 is 25.4 Å². The maximum Gasteiger partial charge on any atom is 0.332 e. The number of nitrogens with zero attached hydrogens (tertiary/aromatic N) is 1. The standard InChI is InChI=1S/C20H29N2O8P/c1-14(19(25)27-4)12-31(26)29-13-20(2,3)17(30-31)18(24)22-10-7-16(23)28-11-15-5-8-21-9-6-15/h5-6,8-9,14,17H,7,10-13H2,1-4H3,(H,22,24)/t14-,17+,31?/m1/s1. The van der Waals surface area contributed by atoms with E-state index in [2.05, 4.69) is 15.0 Å². The summed E-state index contributed by atoms with van der Waals surface area (Å²) in [4.78, 5) is 40.1. The van der Waals surface area contributed by atoms with E-state index in [1.807, 2.05) is 0 Å². The number of methoxy groups -OCH3 is 1. The number of aromatic nitrogens is 1. The normalized spacial score (nSPS) is 23.4. The van der Waals surface area contributed by atoms with E-state index >= 15 is 0 Å². The molecule has 1 aliphatic rings. The second kappa shape index (κ2) is 10.8. The van der Waals surface area contributed by atoms with Crippen LogP contribution in [0.4, 0.5) is 0 Å². The summed E-state index contributed by atoms with van der Waals surface area (Å²) in [6.45, 7) is 5.20. The summed E-state index contributed by atoms with van der Waals surface area (Å²) in [5.74, 6) is -2.24. The Morgan fingerprint density at radius 2 is 2.00 bits per heavy atom. The molecule has 0 saturated carbocycles. The van der Waals surface area contributed by atoms with Crippen molar-refractivity contribution in [3.8, 4) is 0 Å². The minimum atomic E-state index is -3.68. The van der Waals surface area contributed by atoms with Crippen LogP contribution in [0.3, 0.4) is 0 Å². The lowest BCUT2D eigenvalue weighted by atomic mass is 9.87. The van der Waals surface area contributed by atoms with Gasteiger partial charge in [-0.1, -0.05) is 20.8 Å². The average Bonchev–Trinajstić information content (AvgIpc) is 2.74. The molecule has 172 valence electrons. The first kappa shape index (κ1) is 25.0. The third kappa shape index (κ3) is 7.41. The Kier molecular flexibility index (Phi) is 8.73. The Morgan fingerprint density at radius 3 is 2.65 bits per heavy atom. The topological polar surface area (TPSA) is 130 Å². The number of amides is 1. The van der Waals surface area contributed by atoms with Gasteiger partial charge in [-0.15, -0.1) is 0 Å². The van der Waals surface area contributed by atoms with Crippen LogP contribution in [0.5, 0.6) is 0 Å². The van der Waals surface area contributed by atoms with Crippen LogP contribution in [0.15, 0.2) is 24.5 Å². The van der Waals surface area contributed by atoms with Crippen LogP contribution >= 0.6 is 7.60 Å². The quantitative estimate of drug-likeness (QED) is 0.438. The molecular weight excluding hydrogens is 427 g/mol. The van der Waals surface area contributed by atoms with Gasteiger partial charge >= 0.3 is 19.5 Å². The van der Waals surface area contributed by atoms with Crippen LogP contribution in [-0.2, 0) is 44.1 Å². The molecule has 1 aromatic heterocycles. The summed E-state index contributed by atoms with van der Waals surface area (Å²) < 4.78 is 33.7. The highest BCUT2D eigenvalue weighted by atomic mass is 31.2. The number of hydrogen-bond donors (Lipinski definition) is 1. The highest BCUT2D eigenvalue weighted by Gasteiger charge is 2.48. The van der Waals surface area contributed by atoms with E-state index in [1.54, 1.807) is 45.3 Å². The van der Waals surface area contributed by atoms with E-state index in [1.165, 1.54) is 7.11 Å². The van der Waals surface area contributed by atoms with Crippen LogP contribution in [-0.4, -0.2) is 55.4 Å². The van der Waals surface area contributed by atoms with Crippen LogP contribution in [0.1, 0.15) is 32.8 Å². The minimum Gasteiger partial charge on any atom is -0.469 e. The molecule has 0 spiro atoms. The van der Waals surface area contributed by atoms with Gasteiger partial charge in [0.25, 0.3) is 0 Å². The molecular formula is C20H29N2O8P. The molecule has 1 fully saturated rings. The maximum atomic E-state index is 13.0. The van der Waals surface area contributed by atoms with Crippen molar-refractivity contribution in [2.24, 2.45) is 11.3 Å². The highest BCUT2D eigenvalue weighted by molar-refractivity contribution is 7.54. The van der Waals surface area contributed by atoms with E-state index in [0.717, 1.165) is 5.56 Å². The molecule has 31 heavy (non-hydrogen) atoms.